The van der Waals surface area contributed by atoms with Gasteiger partial charge in [0.2, 0.25) is 0 Å². The van der Waals surface area contributed by atoms with Crippen molar-refractivity contribution in [2.75, 3.05) is 26.3 Å². The number of ether oxygens (including phenoxy) is 2. The molecule has 18 heavy (non-hydrogen) atoms. The van der Waals surface area contributed by atoms with E-state index in [0.29, 0.717) is 25.5 Å². The minimum absolute atomic E-state index is 0.177. The number of alkyl halides is 3. The van der Waals surface area contributed by atoms with Gasteiger partial charge in [-0.1, -0.05) is 0 Å². The fourth-order valence-electron chi connectivity index (χ4n) is 1.67. The standard InChI is InChI=1S/C12H14F3NO2/c13-12(14,15)9-1-3-10(4-2-9)18-11-7-16-5-6-17-8-11/h1-4,11,16H,5-8H2/t11-/m1/s1. The minimum Gasteiger partial charge on any atom is -0.487 e. The number of nitrogens with one attached hydrogen (secondary N) is 1. The Morgan fingerprint density at radius 1 is 1.22 bits per heavy atom. The second kappa shape index (κ2) is 5.58. The lowest BCUT2D eigenvalue weighted by Gasteiger charge is -2.17. The summed E-state index contributed by atoms with van der Waals surface area (Å²) in [5.41, 5.74) is -0.676. The van der Waals surface area contributed by atoms with E-state index in [2.05, 4.69) is 5.32 Å². The van der Waals surface area contributed by atoms with Gasteiger partial charge >= 0.3 is 6.18 Å². The zero-order chi connectivity index (χ0) is 13.0. The van der Waals surface area contributed by atoms with Crippen molar-refractivity contribution >= 4 is 0 Å². The van der Waals surface area contributed by atoms with Gasteiger partial charge in [0, 0.05) is 13.1 Å². The number of benzene rings is 1. The van der Waals surface area contributed by atoms with E-state index < -0.39 is 11.7 Å². The third kappa shape index (κ3) is 3.61. The van der Waals surface area contributed by atoms with Crippen molar-refractivity contribution in [3.05, 3.63) is 29.8 Å². The summed E-state index contributed by atoms with van der Waals surface area (Å²) in [5.74, 6) is 0.417. The molecule has 1 fully saturated rings. The zero-order valence-electron chi connectivity index (χ0n) is 9.67. The molecule has 1 N–H and O–H groups in total. The van der Waals surface area contributed by atoms with Crippen LogP contribution in [0.1, 0.15) is 5.56 Å². The molecule has 1 atom stereocenters. The first-order valence-corrected chi connectivity index (χ1v) is 5.68. The predicted molar refractivity (Wildman–Crippen MR) is 59.5 cm³/mol. The molecule has 0 bridgehead atoms. The van der Waals surface area contributed by atoms with Gasteiger partial charge in [0.05, 0.1) is 18.8 Å². The first-order valence-electron chi connectivity index (χ1n) is 5.68. The van der Waals surface area contributed by atoms with E-state index in [4.69, 9.17) is 9.47 Å². The number of halogens is 3. The zero-order valence-corrected chi connectivity index (χ0v) is 9.67. The molecule has 0 amide bonds. The van der Waals surface area contributed by atoms with Crippen LogP contribution in [0.5, 0.6) is 5.75 Å². The van der Waals surface area contributed by atoms with Crippen molar-refractivity contribution in [2.45, 2.75) is 12.3 Å². The van der Waals surface area contributed by atoms with Crippen LogP contribution in [0.25, 0.3) is 0 Å². The normalized spacial score (nSPS) is 21.4. The smallest absolute Gasteiger partial charge is 0.416 e. The first kappa shape index (κ1) is 13.2. The Morgan fingerprint density at radius 3 is 2.61 bits per heavy atom. The van der Waals surface area contributed by atoms with Crippen molar-refractivity contribution in [1.29, 1.82) is 0 Å². The molecule has 0 aromatic heterocycles. The summed E-state index contributed by atoms with van der Waals surface area (Å²) in [6, 6.07) is 4.68. The summed E-state index contributed by atoms with van der Waals surface area (Å²) in [6.07, 6.45) is -4.49. The Bertz CT molecular complexity index is 370. The van der Waals surface area contributed by atoms with Gasteiger partial charge in [-0.15, -0.1) is 0 Å². The molecule has 2 rings (SSSR count). The van der Waals surface area contributed by atoms with E-state index in [1.807, 2.05) is 0 Å². The average Bonchev–Trinajstić information content (AvgIpc) is 2.57. The van der Waals surface area contributed by atoms with Crippen LogP contribution < -0.4 is 10.1 Å². The number of hydrogen-bond donors (Lipinski definition) is 1. The van der Waals surface area contributed by atoms with Gasteiger partial charge in [0.25, 0.3) is 0 Å². The molecule has 100 valence electrons. The van der Waals surface area contributed by atoms with Crippen LogP contribution in [0, 0.1) is 0 Å². The summed E-state index contributed by atoms with van der Waals surface area (Å²) in [7, 11) is 0. The number of rotatable bonds is 2. The SMILES string of the molecule is FC(F)(F)c1ccc(O[C@@H]2CNCCOC2)cc1. The summed E-state index contributed by atoms with van der Waals surface area (Å²) >= 11 is 0. The van der Waals surface area contributed by atoms with E-state index in [9.17, 15) is 13.2 Å². The molecule has 0 radical (unpaired) electrons. The molecule has 1 aromatic carbocycles. The van der Waals surface area contributed by atoms with Gasteiger partial charge in [-0.05, 0) is 24.3 Å². The Balaban J connectivity index is 1.97. The van der Waals surface area contributed by atoms with E-state index in [1.54, 1.807) is 0 Å². The monoisotopic (exact) mass is 261 g/mol. The second-order valence-corrected chi connectivity index (χ2v) is 4.04. The topological polar surface area (TPSA) is 30.5 Å². The highest BCUT2D eigenvalue weighted by atomic mass is 19.4. The van der Waals surface area contributed by atoms with Crippen LogP contribution in [0.4, 0.5) is 13.2 Å². The largest absolute Gasteiger partial charge is 0.487 e. The summed E-state index contributed by atoms with van der Waals surface area (Å²) < 4.78 is 47.9. The van der Waals surface area contributed by atoms with Gasteiger partial charge < -0.3 is 14.8 Å². The average molecular weight is 261 g/mol. The lowest BCUT2D eigenvalue weighted by Crippen LogP contribution is -2.32. The van der Waals surface area contributed by atoms with Crippen molar-refractivity contribution in [3.63, 3.8) is 0 Å². The maximum Gasteiger partial charge on any atom is 0.416 e. The third-order valence-corrected chi connectivity index (χ3v) is 2.58. The number of hydrogen-bond acceptors (Lipinski definition) is 3. The van der Waals surface area contributed by atoms with E-state index >= 15 is 0 Å². The molecule has 6 heteroatoms. The second-order valence-electron chi connectivity index (χ2n) is 4.04. The highest BCUT2D eigenvalue weighted by Gasteiger charge is 2.30. The summed E-state index contributed by atoms with van der Waals surface area (Å²) in [4.78, 5) is 0. The molecule has 3 nitrogen and oxygen atoms in total. The van der Waals surface area contributed by atoms with E-state index in [-0.39, 0.29) is 6.10 Å². The lowest BCUT2D eigenvalue weighted by atomic mass is 10.2. The molecule has 1 heterocycles. The Hall–Kier alpha value is -1.27. The minimum atomic E-state index is -4.31. The molecular formula is C12H14F3NO2. The quantitative estimate of drug-likeness (QED) is 0.884. The van der Waals surface area contributed by atoms with Crippen LogP contribution in [0.3, 0.4) is 0 Å². The van der Waals surface area contributed by atoms with Crippen LogP contribution in [0.2, 0.25) is 0 Å². The molecule has 0 unspecified atom stereocenters. The van der Waals surface area contributed by atoms with Crippen LogP contribution in [-0.2, 0) is 10.9 Å². The van der Waals surface area contributed by atoms with E-state index in [1.165, 1.54) is 12.1 Å². The molecule has 1 aliphatic rings. The van der Waals surface area contributed by atoms with Crippen LogP contribution in [0.15, 0.2) is 24.3 Å². The molecule has 0 aliphatic carbocycles. The van der Waals surface area contributed by atoms with Crippen LogP contribution >= 0.6 is 0 Å². The first-order chi connectivity index (χ1) is 8.55. The lowest BCUT2D eigenvalue weighted by molar-refractivity contribution is -0.137. The highest BCUT2D eigenvalue weighted by molar-refractivity contribution is 5.29. The molecule has 1 aromatic rings. The molecule has 1 saturated heterocycles. The van der Waals surface area contributed by atoms with Crippen molar-refractivity contribution in [3.8, 4) is 5.75 Å². The summed E-state index contributed by atoms with van der Waals surface area (Å²) in [5, 5.41) is 3.12. The Kier molecular flexibility index (Phi) is 4.08. The highest BCUT2D eigenvalue weighted by Crippen LogP contribution is 2.30. The molecule has 1 aliphatic heterocycles. The fourth-order valence-corrected chi connectivity index (χ4v) is 1.67. The third-order valence-electron chi connectivity index (χ3n) is 2.58. The van der Waals surface area contributed by atoms with Gasteiger partial charge in [-0.25, -0.2) is 0 Å². The van der Waals surface area contributed by atoms with Crippen molar-refractivity contribution < 1.29 is 22.6 Å². The molecule has 0 spiro atoms. The molecule has 0 saturated carbocycles. The van der Waals surface area contributed by atoms with Gasteiger partial charge in [0.1, 0.15) is 11.9 Å². The fraction of sp³-hybridized carbons (Fsp3) is 0.500. The van der Waals surface area contributed by atoms with Gasteiger partial charge in [0.15, 0.2) is 0 Å². The predicted octanol–water partition coefficient (Wildman–Crippen LogP) is 2.07. The Morgan fingerprint density at radius 2 is 1.94 bits per heavy atom. The molecular weight excluding hydrogens is 247 g/mol. The van der Waals surface area contributed by atoms with Crippen molar-refractivity contribution in [1.82, 2.24) is 5.32 Å². The Labute approximate surface area is 103 Å². The maximum absolute atomic E-state index is 12.4. The van der Waals surface area contributed by atoms with Gasteiger partial charge in [-0.2, -0.15) is 13.2 Å². The van der Waals surface area contributed by atoms with Crippen LogP contribution in [-0.4, -0.2) is 32.4 Å². The summed E-state index contributed by atoms with van der Waals surface area (Å²) in [6.45, 7) is 2.44. The maximum atomic E-state index is 12.4. The van der Waals surface area contributed by atoms with Gasteiger partial charge in [-0.3, -0.25) is 0 Å². The van der Waals surface area contributed by atoms with E-state index in [0.717, 1.165) is 18.7 Å². The van der Waals surface area contributed by atoms with Crippen molar-refractivity contribution in [2.24, 2.45) is 0 Å².